The molecular weight excluding hydrogens is 407 g/mol. The highest BCUT2D eigenvalue weighted by molar-refractivity contribution is 7.89. The molecule has 0 aliphatic carbocycles. The number of alkyl halides is 3. The molecule has 7 nitrogen and oxygen atoms in total. The van der Waals surface area contributed by atoms with Gasteiger partial charge in [0.1, 0.15) is 21.7 Å². The van der Waals surface area contributed by atoms with Crippen molar-refractivity contribution in [3.8, 4) is 0 Å². The topological polar surface area (TPSA) is 92.4 Å². The van der Waals surface area contributed by atoms with Crippen LogP contribution in [0.2, 0.25) is 5.15 Å². The van der Waals surface area contributed by atoms with Crippen LogP contribution in [0.5, 0.6) is 0 Å². The smallest absolute Gasteiger partial charge is 0.384 e. The first-order chi connectivity index (χ1) is 12.6. The number of pyridine rings is 2. The van der Waals surface area contributed by atoms with Crippen LogP contribution in [0.4, 0.5) is 24.8 Å². The number of piperazine rings is 1. The lowest BCUT2D eigenvalue weighted by atomic mass is 10.2. The van der Waals surface area contributed by atoms with E-state index in [0.717, 1.165) is 12.1 Å². The Hall–Kier alpha value is -2.11. The number of anilines is 2. The van der Waals surface area contributed by atoms with Gasteiger partial charge in [-0.3, -0.25) is 0 Å². The maximum Gasteiger partial charge on any atom is 0.416 e. The predicted molar refractivity (Wildman–Crippen MR) is 93.9 cm³/mol. The van der Waals surface area contributed by atoms with Crippen LogP contribution in [0.15, 0.2) is 35.4 Å². The predicted octanol–water partition coefficient (Wildman–Crippen LogP) is 2.24. The maximum atomic E-state index is 12.9. The summed E-state index contributed by atoms with van der Waals surface area (Å²) in [5.74, 6) is 0.257. The van der Waals surface area contributed by atoms with Crippen LogP contribution in [-0.2, 0) is 16.2 Å². The first-order valence-electron chi connectivity index (χ1n) is 7.79. The molecule has 3 heterocycles. The van der Waals surface area contributed by atoms with Crippen molar-refractivity contribution < 1.29 is 21.6 Å². The Morgan fingerprint density at radius 2 is 1.78 bits per heavy atom. The molecule has 0 unspecified atom stereocenters. The molecule has 0 saturated carbocycles. The van der Waals surface area contributed by atoms with E-state index >= 15 is 0 Å². The summed E-state index contributed by atoms with van der Waals surface area (Å²) in [7, 11) is -3.76. The van der Waals surface area contributed by atoms with Gasteiger partial charge in [0.15, 0.2) is 0 Å². The summed E-state index contributed by atoms with van der Waals surface area (Å²) >= 11 is 5.71. The second-order valence-electron chi connectivity index (χ2n) is 5.84. The molecule has 1 aliphatic heterocycles. The van der Waals surface area contributed by atoms with E-state index in [1.165, 1.54) is 22.6 Å². The number of aromatic nitrogens is 2. The third-order valence-corrected chi connectivity index (χ3v) is 6.14. The zero-order chi connectivity index (χ0) is 19.8. The number of rotatable bonds is 3. The molecule has 27 heavy (non-hydrogen) atoms. The monoisotopic (exact) mass is 421 g/mol. The lowest BCUT2D eigenvalue weighted by molar-refractivity contribution is -0.137. The summed E-state index contributed by atoms with van der Waals surface area (Å²) in [4.78, 5) is 9.27. The molecule has 2 aromatic rings. The van der Waals surface area contributed by atoms with Crippen molar-refractivity contribution in [3.05, 3.63) is 41.2 Å². The van der Waals surface area contributed by atoms with Crippen LogP contribution >= 0.6 is 11.6 Å². The number of hydrogen-bond donors (Lipinski definition) is 1. The van der Waals surface area contributed by atoms with Gasteiger partial charge in [0.05, 0.1) is 5.56 Å². The second-order valence-corrected chi connectivity index (χ2v) is 8.17. The molecule has 12 heteroatoms. The summed E-state index contributed by atoms with van der Waals surface area (Å²) in [6, 6.07) is 4.40. The van der Waals surface area contributed by atoms with Gasteiger partial charge in [-0.05, 0) is 24.3 Å². The Balaban J connectivity index is 1.76. The molecule has 1 aliphatic rings. The average molecular weight is 422 g/mol. The molecule has 3 rings (SSSR count). The molecule has 0 amide bonds. The second kappa shape index (κ2) is 7.13. The molecule has 2 aromatic heterocycles. The van der Waals surface area contributed by atoms with Gasteiger partial charge in [-0.25, -0.2) is 18.4 Å². The van der Waals surface area contributed by atoms with E-state index < -0.39 is 21.8 Å². The fraction of sp³-hybridized carbons (Fsp3) is 0.333. The molecule has 2 N–H and O–H groups in total. The summed E-state index contributed by atoms with van der Waals surface area (Å²) in [6.07, 6.45) is -3.38. The van der Waals surface area contributed by atoms with E-state index in [9.17, 15) is 21.6 Å². The van der Waals surface area contributed by atoms with Gasteiger partial charge in [0.25, 0.3) is 0 Å². The molecule has 0 spiro atoms. The molecule has 1 fully saturated rings. The highest BCUT2D eigenvalue weighted by Gasteiger charge is 2.33. The van der Waals surface area contributed by atoms with E-state index in [1.807, 2.05) is 0 Å². The molecule has 1 saturated heterocycles. The zero-order valence-electron chi connectivity index (χ0n) is 13.8. The fourth-order valence-electron chi connectivity index (χ4n) is 2.66. The Kier molecular flexibility index (Phi) is 5.19. The Morgan fingerprint density at radius 1 is 1.11 bits per heavy atom. The van der Waals surface area contributed by atoms with Crippen LogP contribution in [0, 0.1) is 0 Å². The van der Waals surface area contributed by atoms with Gasteiger partial charge in [-0.15, -0.1) is 0 Å². The number of hydrogen-bond acceptors (Lipinski definition) is 6. The van der Waals surface area contributed by atoms with E-state index in [2.05, 4.69) is 9.97 Å². The molecule has 0 atom stereocenters. The van der Waals surface area contributed by atoms with Crippen molar-refractivity contribution in [3.63, 3.8) is 0 Å². The minimum Gasteiger partial charge on any atom is -0.384 e. The van der Waals surface area contributed by atoms with Crippen LogP contribution in [-0.4, -0.2) is 48.9 Å². The zero-order valence-corrected chi connectivity index (χ0v) is 15.4. The lowest BCUT2D eigenvalue weighted by Gasteiger charge is -2.34. The number of nitrogen functional groups attached to an aromatic ring is 1. The quantitative estimate of drug-likeness (QED) is 0.764. The van der Waals surface area contributed by atoms with E-state index in [0.29, 0.717) is 0 Å². The Morgan fingerprint density at radius 3 is 2.33 bits per heavy atom. The number of nitrogens with zero attached hydrogens (tertiary/aromatic N) is 4. The van der Waals surface area contributed by atoms with Crippen LogP contribution in [0.1, 0.15) is 5.56 Å². The van der Waals surface area contributed by atoms with Gasteiger partial charge in [0.2, 0.25) is 10.0 Å². The summed E-state index contributed by atoms with van der Waals surface area (Å²) in [5, 5.41) is -0.275. The van der Waals surface area contributed by atoms with E-state index in [4.69, 9.17) is 17.3 Å². The van der Waals surface area contributed by atoms with Crippen molar-refractivity contribution in [1.29, 1.82) is 0 Å². The largest absolute Gasteiger partial charge is 0.416 e. The molecule has 0 aromatic carbocycles. The van der Waals surface area contributed by atoms with Gasteiger partial charge in [-0.1, -0.05) is 11.6 Å². The summed E-state index contributed by atoms with van der Waals surface area (Å²) in [5.41, 5.74) is 4.56. The first kappa shape index (κ1) is 19.6. The fourth-order valence-corrected chi connectivity index (χ4v) is 4.23. The van der Waals surface area contributed by atoms with Gasteiger partial charge >= 0.3 is 6.18 Å². The maximum absolute atomic E-state index is 12.9. The normalized spacial score (nSPS) is 16.5. The van der Waals surface area contributed by atoms with Crippen molar-refractivity contribution in [2.75, 3.05) is 36.8 Å². The van der Waals surface area contributed by atoms with E-state index in [1.54, 1.807) is 4.90 Å². The highest BCUT2D eigenvalue weighted by Crippen LogP contribution is 2.33. The standard InChI is InChI=1S/C15H15ClF3N5O2S/c16-12-7-10(15(17,18)19)8-14(22-12)23-3-5-24(6-4-23)27(25,26)11-1-2-13(20)21-9-11/h1-2,7-9H,3-6H2,(H2,20,21). The van der Waals surface area contributed by atoms with Gasteiger partial charge < -0.3 is 10.6 Å². The molecular formula is C15H15ClF3N5O2S. The third-order valence-electron chi connectivity index (χ3n) is 4.07. The molecule has 0 radical (unpaired) electrons. The van der Waals surface area contributed by atoms with Gasteiger partial charge in [0, 0.05) is 32.4 Å². The number of halogens is 4. The summed E-state index contributed by atoms with van der Waals surface area (Å²) < 4.78 is 65.3. The van der Waals surface area contributed by atoms with Crippen molar-refractivity contribution in [1.82, 2.24) is 14.3 Å². The van der Waals surface area contributed by atoms with Crippen LogP contribution < -0.4 is 10.6 Å². The van der Waals surface area contributed by atoms with Crippen molar-refractivity contribution >= 4 is 33.3 Å². The third kappa shape index (κ3) is 4.25. The Labute approximate surface area is 158 Å². The van der Waals surface area contributed by atoms with Crippen LogP contribution in [0.25, 0.3) is 0 Å². The van der Waals surface area contributed by atoms with Crippen LogP contribution in [0.3, 0.4) is 0 Å². The SMILES string of the molecule is Nc1ccc(S(=O)(=O)N2CCN(c3cc(C(F)(F)F)cc(Cl)n3)CC2)cn1. The molecule has 0 bridgehead atoms. The summed E-state index contributed by atoms with van der Waals surface area (Å²) in [6.45, 7) is 0.517. The number of nitrogens with two attached hydrogens (primary N) is 1. The van der Waals surface area contributed by atoms with E-state index in [-0.39, 0.29) is 47.9 Å². The van der Waals surface area contributed by atoms with Crippen molar-refractivity contribution in [2.45, 2.75) is 11.1 Å². The first-order valence-corrected chi connectivity index (χ1v) is 9.60. The minimum atomic E-state index is -4.55. The number of sulfonamides is 1. The average Bonchev–Trinajstić information content (AvgIpc) is 2.61. The molecule has 146 valence electrons. The van der Waals surface area contributed by atoms with Gasteiger partial charge in [-0.2, -0.15) is 17.5 Å². The highest BCUT2D eigenvalue weighted by atomic mass is 35.5. The Bertz CT molecular complexity index is 929. The minimum absolute atomic E-state index is 0.00499. The lowest BCUT2D eigenvalue weighted by Crippen LogP contribution is -2.49. The van der Waals surface area contributed by atoms with Crippen molar-refractivity contribution in [2.24, 2.45) is 0 Å².